The van der Waals surface area contributed by atoms with Gasteiger partial charge in [0.1, 0.15) is 0 Å². The molecule has 1 amide bonds. The molecule has 4 fully saturated rings. The first kappa shape index (κ1) is 24.9. The molecule has 3 heterocycles. The highest BCUT2D eigenvalue weighted by Gasteiger charge is 2.57. The number of hydrogen-bond acceptors (Lipinski definition) is 5. The monoisotopic (exact) mass is 494 g/mol. The maximum absolute atomic E-state index is 14.2. The van der Waals surface area contributed by atoms with Crippen LogP contribution in [0, 0.1) is 5.41 Å². The lowest BCUT2D eigenvalue weighted by Gasteiger charge is -2.46. The van der Waals surface area contributed by atoms with Gasteiger partial charge in [0.15, 0.2) is 0 Å². The zero-order valence-corrected chi connectivity index (χ0v) is 23.0. The van der Waals surface area contributed by atoms with Crippen LogP contribution in [0.2, 0.25) is 0 Å². The molecule has 1 aromatic rings. The van der Waals surface area contributed by atoms with Crippen molar-refractivity contribution in [2.24, 2.45) is 5.41 Å². The van der Waals surface area contributed by atoms with Crippen LogP contribution in [-0.4, -0.2) is 65.5 Å². The highest BCUT2D eigenvalue weighted by atomic mass is 16.7. The van der Waals surface area contributed by atoms with E-state index < -0.39 is 18.3 Å². The number of anilines is 1. The lowest BCUT2D eigenvalue weighted by molar-refractivity contribution is -0.125. The van der Waals surface area contributed by atoms with Crippen LogP contribution in [0.15, 0.2) is 18.2 Å². The van der Waals surface area contributed by atoms with Gasteiger partial charge in [-0.05, 0) is 70.5 Å². The number of carbonyl (C=O) groups is 1. The minimum atomic E-state index is -0.428. The Hall–Kier alpha value is -1.41. The van der Waals surface area contributed by atoms with E-state index in [0.29, 0.717) is 11.9 Å². The van der Waals surface area contributed by atoms with Crippen LogP contribution in [0.3, 0.4) is 0 Å². The van der Waals surface area contributed by atoms with Gasteiger partial charge < -0.3 is 19.3 Å². The molecule has 0 aromatic heterocycles. The van der Waals surface area contributed by atoms with E-state index in [9.17, 15) is 9.90 Å². The second-order valence-electron chi connectivity index (χ2n) is 13.9. The quantitative estimate of drug-likeness (QED) is 0.649. The fourth-order valence-electron chi connectivity index (χ4n) is 7.24. The highest BCUT2D eigenvalue weighted by Crippen LogP contribution is 2.53. The Morgan fingerprint density at radius 3 is 2.17 bits per heavy atom. The lowest BCUT2D eigenvalue weighted by atomic mass is 9.69. The third-order valence-electron chi connectivity index (χ3n) is 10.5. The number of fused-ring (bicyclic) bond motifs is 2. The molecule has 7 heteroatoms. The first-order chi connectivity index (χ1) is 16.8. The molecule has 0 unspecified atom stereocenters. The number of aliphatic hydroxyl groups excluding tert-OH is 1. The minimum Gasteiger partial charge on any atom is -0.399 e. The van der Waals surface area contributed by atoms with E-state index >= 15 is 0 Å². The van der Waals surface area contributed by atoms with E-state index in [-0.39, 0.29) is 23.0 Å². The Labute approximate surface area is 216 Å². The summed E-state index contributed by atoms with van der Waals surface area (Å²) in [4.78, 5) is 18.8. The second-order valence-corrected chi connectivity index (χ2v) is 13.9. The molecule has 6 rings (SSSR count). The summed E-state index contributed by atoms with van der Waals surface area (Å²) in [5, 5.41) is 10.5. The van der Waals surface area contributed by atoms with Gasteiger partial charge in [0.25, 0.3) is 0 Å². The standard InChI is InChI=1S/C29H43BN2O4/c1-26(2)18-31(17-24(26)33)20-15-21(16-20)32-23-14-19(30-35-27(3,4)28(5,6)36-30)10-11-22(23)29(25(32)34)12-8-7-9-13-29/h10-11,14,20-21,24,33H,7-9,12-13,15-18H2,1-6H3/t20?,21?,24-/m1/s1. The summed E-state index contributed by atoms with van der Waals surface area (Å²) in [5.41, 5.74) is 2.08. The number of benzene rings is 1. The van der Waals surface area contributed by atoms with Crippen molar-refractivity contribution in [1.29, 1.82) is 0 Å². The number of rotatable bonds is 3. The molecule has 196 valence electrons. The summed E-state index contributed by atoms with van der Waals surface area (Å²) < 4.78 is 12.7. The van der Waals surface area contributed by atoms with Crippen LogP contribution < -0.4 is 10.4 Å². The van der Waals surface area contributed by atoms with Gasteiger partial charge in [0.2, 0.25) is 5.91 Å². The van der Waals surface area contributed by atoms with Crippen molar-refractivity contribution >= 4 is 24.2 Å². The summed E-state index contributed by atoms with van der Waals surface area (Å²) in [6.45, 7) is 14.3. The maximum Gasteiger partial charge on any atom is 0.494 e. The maximum atomic E-state index is 14.2. The average Bonchev–Trinajstić information content (AvgIpc) is 3.27. The normalized spacial score (nSPS) is 34.3. The van der Waals surface area contributed by atoms with E-state index in [1.54, 1.807) is 0 Å². The van der Waals surface area contributed by atoms with Crippen molar-refractivity contribution in [3.63, 3.8) is 0 Å². The van der Waals surface area contributed by atoms with Gasteiger partial charge in [-0.1, -0.05) is 45.2 Å². The van der Waals surface area contributed by atoms with E-state index in [2.05, 4.69) is 69.5 Å². The van der Waals surface area contributed by atoms with Crippen molar-refractivity contribution in [3.05, 3.63) is 23.8 Å². The van der Waals surface area contributed by atoms with Crippen molar-refractivity contribution in [1.82, 2.24) is 4.90 Å². The second kappa shape index (κ2) is 8.05. The van der Waals surface area contributed by atoms with Gasteiger partial charge in [-0.25, -0.2) is 0 Å². The van der Waals surface area contributed by atoms with Crippen molar-refractivity contribution in [2.45, 2.75) is 121 Å². The molecule has 1 N–H and O–H groups in total. The predicted molar refractivity (Wildman–Crippen MR) is 143 cm³/mol. The van der Waals surface area contributed by atoms with E-state index in [1.807, 2.05) is 0 Å². The predicted octanol–water partition coefficient (Wildman–Crippen LogP) is 3.77. The number of amides is 1. The smallest absolute Gasteiger partial charge is 0.399 e. The lowest BCUT2D eigenvalue weighted by Crippen LogP contribution is -2.56. The van der Waals surface area contributed by atoms with Gasteiger partial charge in [-0.15, -0.1) is 0 Å². The Morgan fingerprint density at radius 2 is 1.58 bits per heavy atom. The van der Waals surface area contributed by atoms with Gasteiger partial charge >= 0.3 is 7.12 Å². The van der Waals surface area contributed by atoms with Crippen LogP contribution in [0.4, 0.5) is 5.69 Å². The van der Waals surface area contributed by atoms with Gasteiger partial charge in [0, 0.05) is 36.3 Å². The number of aliphatic hydroxyl groups is 1. The Bertz CT molecular complexity index is 1040. The molecule has 3 aliphatic heterocycles. The van der Waals surface area contributed by atoms with Crippen LogP contribution in [-0.2, 0) is 19.5 Å². The number of β-amino-alcohol motifs (C(OH)–C–C–N with tert-alkyl or cyclic N) is 1. The molecule has 6 nitrogen and oxygen atoms in total. The summed E-state index contributed by atoms with van der Waals surface area (Å²) in [6, 6.07) is 7.18. The zero-order valence-electron chi connectivity index (χ0n) is 23.0. The fraction of sp³-hybridized carbons (Fsp3) is 0.759. The van der Waals surface area contributed by atoms with Crippen LogP contribution >= 0.6 is 0 Å². The molecular weight excluding hydrogens is 451 g/mol. The number of carbonyl (C=O) groups excluding carboxylic acids is 1. The molecule has 36 heavy (non-hydrogen) atoms. The molecule has 0 bridgehead atoms. The molecule has 1 aromatic carbocycles. The summed E-state index contributed by atoms with van der Waals surface area (Å²) in [5.74, 6) is 0.313. The topological polar surface area (TPSA) is 62.2 Å². The third-order valence-corrected chi connectivity index (χ3v) is 10.5. The number of nitrogens with zero attached hydrogens (tertiary/aromatic N) is 2. The van der Waals surface area contributed by atoms with Gasteiger partial charge in [0.05, 0.1) is 22.7 Å². The SMILES string of the molecule is CC1(C)CN(C2CC(N3C(=O)C4(CCCCC4)c4ccc(B5OC(C)(C)C(C)(C)O5)cc43)C2)C[C@H]1O. The van der Waals surface area contributed by atoms with Crippen molar-refractivity contribution < 1.29 is 19.2 Å². The number of likely N-dealkylation sites (tertiary alicyclic amines) is 1. The summed E-state index contributed by atoms with van der Waals surface area (Å²) in [7, 11) is -0.428. The fourth-order valence-corrected chi connectivity index (χ4v) is 7.24. The number of hydrogen-bond donors (Lipinski definition) is 1. The molecule has 1 spiro atoms. The first-order valence-electron chi connectivity index (χ1n) is 14.1. The van der Waals surface area contributed by atoms with Gasteiger partial charge in [-0.3, -0.25) is 9.69 Å². The molecular formula is C29H43BN2O4. The zero-order chi connectivity index (χ0) is 25.7. The van der Waals surface area contributed by atoms with Gasteiger partial charge in [-0.2, -0.15) is 0 Å². The van der Waals surface area contributed by atoms with E-state index in [4.69, 9.17) is 9.31 Å². The Morgan fingerprint density at radius 1 is 0.944 bits per heavy atom. The van der Waals surface area contributed by atoms with Crippen LogP contribution in [0.25, 0.3) is 0 Å². The summed E-state index contributed by atoms with van der Waals surface area (Å²) >= 11 is 0. The third kappa shape index (κ3) is 3.56. The molecule has 0 radical (unpaired) electrons. The molecule has 1 atom stereocenters. The van der Waals surface area contributed by atoms with Crippen molar-refractivity contribution in [2.75, 3.05) is 18.0 Å². The minimum absolute atomic E-state index is 0.0644. The van der Waals surface area contributed by atoms with E-state index in [1.165, 1.54) is 12.0 Å². The first-order valence-corrected chi connectivity index (χ1v) is 14.1. The molecule has 2 saturated heterocycles. The van der Waals surface area contributed by atoms with Crippen LogP contribution in [0.5, 0.6) is 0 Å². The Kier molecular flexibility index (Phi) is 5.57. The highest BCUT2D eigenvalue weighted by molar-refractivity contribution is 6.62. The molecule has 5 aliphatic rings. The molecule has 2 saturated carbocycles. The largest absolute Gasteiger partial charge is 0.494 e. The summed E-state index contributed by atoms with van der Waals surface area (Å²) in [6.07, 6.45) is 7.03. The van der Waals surface area contributed by atoms with Crippen molar-refractivity contribution in [3.8, 4) is 0 Å². The molecule has 2 aliphatic carbocycles. The Balaban J connectivity index is 1.29. The van der Waals surface area contributed by atoms with E-state index in [0.717, 1.165) is 62.8 Å². The van der Waals surface area contributed by atoms with Crippen LogP contribution in [0.1, 0.15) is 92.1 Å². The average molecular weight is 494 g/mol.